The summed E-state index contributed by atoms with van der Waals surface area (Å²) in [5, 5.41) is 3.59. The Morgan fingerprint density at radius 1 is 1.21 bits per heavy atom. The molecular formula is C16H20BrNO. The van der Waals surface area contributed by atoms with E-state index in [9.17, 15) is 0 Å². The van der Waals surface area contributed by atoms with E-state index in [-0.39, 0.29) is 6.04 Å². The lowest BCUT2D eigenvalue weighted by Crippen LogP contribution is -2.26. The number of hydrogen-bond donors (Lipinski definition) is 1. The molecular weight excluding hydrogens is 302 g/mol. The monoisotopic (exact) mass is 321 g/mol. The molecule has 2 rings (SSSR count). The Bertz CT molecular complexity index is 494. The molecule has 1 heterocycles. The zero-order valence-electron chi connectivity index (χ0n) is 11.4. The Morgan fingerprint density at radius 3 is 2.53 bits per heavy atom. The molecule has 19 heavy (non-hydrogen) atoms. The molecule has 0 aliphatic heterocycles. The number of nitrogens with one attached hydrogen (secondary N) is 1. The van der Waals surface area contributed by atoms with Gasteiger partial charge in [0.15, 0.2) is 0 Å². The molecule has 2 aromatic rings. The van der Waals surface area contributed by atoms with Crippen molar-refractivity contribution in [2.45, 2.75) is 32.2 Å². The molecule has 0 amide bonds. The molecule has 0 spiro atoms. The van der Waals surface area contributed by atoms with Crippen LogP contribution in [-0.2, 0) is 0 Å². The summed E-state index contributed by atoms with van der Waals surface area (Å²) in [5.74, 6) is 1.33. The number of hydrogen-bond acceptors (Lipinski definition) is 2. The van der Waals surface area contributed by atoms with Crippen molar-refractivity contribution in [2.24, 2.45) is 0 Å². The summed E-state index contributed by atoms with van der Waals surface area (Å²) in [7, 11) is 0. The minimum Gasteiger partial charge on any atom is -0.466 e. The normalized spacial score (nSPS) is 14.3. The van der Waals surface area contributed by atoms with Crippen molar-refractivity contribution in [2.75, 3.05) is 6.54 Å². The third-order valence-electron chi connectivity index (χ3n) is 3.37. The Labute approximate surface area is 123 Å². The van der Waals surface area contributed by atoms with Gasteiger partial charge in [-0.25, -0.2) is 0 Å². The molecule has 1 aromatic heterocycles. The van der Waals surface area contributed by atoms with E-state index in [1.165, 1.54) is 5.56 Å². The maximum atomic E-state index is 5.66. The molecule has 2 atom stereocenters. The van der Waals surface area contributed by atoms with E-state index in [1.807, 2.05) is 12.1 Å². The molecule has 0 saturated heterocycles. The van der Waals surface area contributed by atoms with Crippen LogP contribution in [0.3, 0.4) is 0 Å². The highest BCUT2D eigenvalue weighted by Gasteiger charge is 2.24. The SMILES string of the molecule is CCCNC(c1occc1Br)C(C)c1ccccc1. The van der Waals surface area contributed by atoms with E-state index >= 15 is 0 Å². The van der Waals surface area contributed by atoms with Gasteiger partial charge in [-0.15, -0.1) is 0 Å². The maximum Gasteiger partial charge on any atom is 0.135 e. The Morgan fingerprint density at radius 2 is 1.95 bits per heavy atom. The van der Waals surface area contributed by atoms with Crippen molar-refractivity contribution < 1.29 is 4.42 Å². The number of rotatable bonds is 6. The lowest BCUT2D eigenvalue weighted by Gasteiger charge is -2.24. The topological polar surface area (TPSA) is 25.2 Å². The minimum absolute atomic E-state index is 0.187. The van der Waals surface area contributed by atoms with Gasteiger partial charge in [0.1, 0.15) is 5.76 Å². The molecule has 102 valence electrons. The van der Waals surface area contributed by atoms with E-state index in [2.05, 4.69) is 59.4 Å². The number of furan rings is 1. The van der Waals surface area contributed by atoms with Gasteiger partial charge in [0.25, 0.3) is 0 Å². The molecule has 0 aliphatic carbocycles. The first-order valence-electron chi connectivity index (χ1n) is 6.75. The van der Waals surface area contributed by atoms with E-state index in [4.69, 9.17) is 4.42 Å². The second-order valence-electron chi connectivity index (χ2n) is 4.76. The second-order valence-corrected chi connectivity index (χ2v) is 5.62. The molecule has 3 heteroatoms. The molecule has 1 N–H and O–H groups in total. The fourth-order valence-corrected chi connectivity index (χ4v) is 2.72. The van der Waals surface area contributed by atoms with Crippen molar-refractivity contribution in [1.29, 1.82) is 0 Å². The van der Waals surface area contributed by atoms with E-state index in [1.54, 1.807) is 6.26 Å². The summed E-state index contributed by atoms with van der Waals surface area (Å²) in [6.07, 6.45) is 2.84. The predicted octanol–water partition coefficient (Wildman–Crippen LogP) is 4.89. The first-order valence-corrected chi connectivity index (χ1v) is 7.54. The minimum atomic E-state index is 0.187. The van der Waals surface area contributed by atoms with Gasteiger partial charge in [-0.05, 0) is 40.5 Å². The largest absolute Gasteiger partial charge is 0.466 e. The van der Waals surface area contributed by atoms with Crippen molar-refractivity contribution in [3.63, 3.8) is 0 Å². The molecule has 0 aliphatic rings. The second kappa shape index (κ2) is 6.92. The Hall–Kier alpha value is -1.06. The zero-order valence-corrected chi connectivity index (χ0v) is 13.0. The fourth-order valence-electron chi connectivity index (χ4n) is 2.27. The van der Waals surface area contributed by atoms with Gasteiger partial charge in [-0.2, -0.15) is 0 Å². The summed E-state index contributed by atoms with van der Waals surface area (Å²) in [6, 6.07) is 12.7. The van der Waals surface area contributed by atoms with Crippen LogP contribution in [0.5, 0.6) is 0 Å². The van der Waals surface area contributed by atoms with Crippen LogP contribution >= 0.6 is 15.9 Å². The van der Waals surface area contributed by atoms with E-state index in [0.717, 1.165) is 23.2 Å². The first-order chi connectivity index (χ1) is 9.24. The van der Waals surface area contributed by atoms with Crippen LogP contribution in [0.25, 0.3) is 0 Å². The van der Waals surface area contributed by atoms with Gasteiger partial charge in [0.2, 0.25) is 0 Å². The van der Waals surface area contributed by atoms with Crippen LogP contribution in [-0.4, -0.2) is 6.54 Å². The van der Waals surface area contributed by atoms with Gasteiger partial charge in [0, 0.05) is 5.92 Å². The predicted molar refractivity (Wildman–Crippen MR) is 82.3 cm³/mol. The molecule has 2 nitrogen and oxygen atoms in total. The maximum absolute atomic E-state index is 5.66. The van der Waals surface area contributed by atoms with Crippen LogP contribution in [0.4, 0.5) is 0 Å². The molecule has 0 fully saturated rings. The number of halogens is 1. The zero-order chi connectivity index (χ0) is 13.7. The fraction of sp³-hybridized carbons (Fsp3) is 0.375. The van der Waals surface area contributed by atoms with Crippen molar-refractivity contribution >= 4 is 15.9 Å². The highest BCUT2D eigenvalue weighted by Crippen LogP contribution is 2.34. The van der Waals surface area contributed by atoms with Gasteiger partial charge >= 0.3 is 0 Å². The van der Waals surface area contributed by atoms with E-state index < -0.39 is 0 Å². The summed E-state index contributed by atoms with van der Waals surface area (Å²) >= 11 is 3.57. The Kier molecular flexibility index (Phi) is 5.23. The third kappa shape index (κ3) is 3.48. The standard InChI is InChI=1S/C16H20BrNO/c1-3-10-18-15(16-14(17)9-11-19-16)12(2)13-7-5-4-6-8-13/h4-9,11-12,15,18H,3,10H2,1-2H3. The quantitative estimate of drug-likeness (QED) is 0.819. The third-order valence-corrected chi connectivity index (χ3v) is 4.02. The average Bonchev–Trinajstić information content (AvgIpc) is 2.86. The highest BCUT2D eigenvalue weighted by atomic mass is 79.9. The summed E-state index contributed by atoms with van der Waals surface area (Å²) in [6.45, 7) is 5.39. The van der Waals surface area contributed by atoms with Crippen LogP contribution in [0.15, 0.2) is 51.6 Å². The highest BCUT2D eigenvalue weighted by molar-refractivity contribution is 9.10. The summed E-state index contributed by atoms with van der Waals surface area (Å²) < 4.78 is 6.69. The van der Waals surface area contributed by atoms with Gasteiger partial charge in [0.05, 0.1) is 16.8 Å². The smallest absolute Gasteiger partial charge is 0.135 e. The molecule has 1 aromatic carbocycles. The van der Waals surface area contributed by atoms with Crippen molar-refractivity contribution in [3.8, 4) is 0 Å². The van der Waals surface area contributed by atoms with E-state index in [0.29, 0.717) is 5.92 Å². The Balaban J connectivity index is 2.25. The van der Waals surface area contributed by atoms with Crippen LogP contribution < -0.4 is 5.32 Å². The van der Waals surface area contributed by atoms with Crippen LogP contribution in [0.1, 0.15) is 43.6 Å². The van der Waals surface area contributed by atoms with Crippen molar-refractivity contribution in [3.05, 3.63) is 58.5 Å². The molecule has 0 radical (unpaired) electrons. The van der Waals surface area contributed by atoms with Crippen molar-refractivity contribution in [1.82, 2.24) is 5.32 Å². The molecule has 2 unspecified atom stereocenters. The summed E-state index contributed by atoms with van der Waals surface area (Å²) in [4.78, 5) is 0. The lowest BCUT2D eigenvalue weighted by atomic mass is 9.91. The van der Waals surface area contributed by atoms with Crippen LogP contribution in [0.2, 0.25) is 0 Å². The lowest BCUT2D eigenvalue weighted by molar-refractivity contribution is 0.374. The summed E-state index contributed by atoms with van der Waals surface area (Å²) in [5.41, 5.74) is 1.32. The number of benzene rings is 1. The first kappa shape index (κ1) is 14.4. The average molecular weight is 322 g/mol. The van der Waals surface area contributed by atoms with Crippen LogP contribution in [0, 0.1) is 0 Å². The van der Waals surface area contributed by atoms with Gasteiger partial charge < -0.3 is 9.73 Å². The molecule has 0 saturated carbocycles. The van der Waals surface area contributed by atoms with Gasteiger partial charge in [-0.3, -0.25) is 0 Å². The van der Waals surface area contributed by atoms with Gasteiger partial charge in [-0.1, -0.05) is 44.2 Å². The molecule has 0 bridgehead atoms.